The summed E-state index contributed by atoms with van der Waals surface area (Å²) in [5.41, 5.74) is 0. The number of amides is 1. The zero-order chi connectivity index (χ0) is 18.7. The second-order valence-corrected chi connectivity index (χ2v) is 10.1. The predicted octanol–water partition coefficient (Wildman–Crippen LogP) is 3.73. The Hall–Kier alpha value is -2.38. The van der Waals surface area contributed by atoms with Gasteiger partial charge in [0.1, 0.15) is 7.14 Å². The summed E-state index contributed by atoms with van der Waals surface area (Å²) in [6, 6.07) is 19.5. The van der Waals surface area contributed by atoms with Gasteiger partial charge in [0.15, 0.2) is 0 Å². The van der Waals surface area contributed by atoms with Crippen molar-refractivity contribution >= 4 is 23.7 Å². The molecule has 4 rings (SSSR count). The fourth-order valence-corrected chi connectivity index (χ4v) is 7.10. The van der Waals surface area contributed by atoms with E-state index in [0.29, 0.717) is 6.16 Å². The second-order valence-electron chi connectivity index (χ2n) is 7.22. The fraction of sp³-hybridized carbons (Fsp3) is 0.261. The molecule has 0 spiro atoms. The van der Waals surface area contributed by atoms with Gasteiger partial charge in [0.25, 0.3) is 0 Å². The first-order valence-corrected chi connectivity index (χ1v) is 11.4. The average Bonchev–Trinajstić information content (AvgIpc) is 3.41. The van der Waals surface area contributed by atoms with Crippen LogP contribution in [-0.2, 0) is 9.36 Å². The van der Waals surface area contributed by atoms with Crippen LogP contribution in [0.4, 0.5) is 0 Å². The van der Waals surface area contributed by atoms with Gasteiger partial charge >= 0.3 is 0 Å². The van der Waals surface area contributed by atoms with Crippen LogP contribution in [-0.4, -0.2) is 29.6 Å². The maximum atomic E-state index is 14.3. The molecule has 0 unspecified atom stereocenters. The third-order valence-corrected chi connectivity index (χ3v) is 8.71. The molecule has 0 aromatic heterocycles. The first-order valence-electron chi connectivity index (χ1n) is 9.54. The van der Waals surface area contributed by atoms with E-state index in [9.17, 15) is 9.36 Å². The molecule has 1 saturated heterocycles. The van der Waals surface area contributed by atoms with Crippen LogP contribution in [0.3, 0.4) is 0 Å². The van der Waals surface area contributed by atoms with E-state index in [0.717, 1.165) is 30.0 Å². The van der Waals surface area contributed by atoms with Gasteiger partial charge in [0.2, 0.25) is 5.91 Å². The van der Waals surface area contributed by atoms with Gasteiger partial charge in [-0.2, -0.15) is 0 Å². The van der Waals surface area contributed by atoms with Crippen molar-refractivity contribution in [3.05, 3.63) is 85.0 Å². The van der Waals surface area contributed by atoms with Crippen molar-refractivity contribution in [3.63, 3.8) is 0 Å². The molecule has 3 nitrogen and oxygen atoms in total. The van der Waals surface area contributed by atoms with Crippen molar-refractivity contribution in [3.8, 4) is 0 Å². The maximum Gasteiger partial charge on any atom is 0.233 e. The molecule has 2 aromatic rings. The lowest BCUT2D eigenvalue weighted by atomic mass is 10.1. The van der Waals surface area contributed by atoms with Gasteiger partial charge in [-0.15, -0.1) is 0 Å². The number of likely N-dealkylation sites (tertiary alicyclic amines) is 1. The third-order valence-electron chi connectivity index (χ3n) is 5.51. The van der Waals surface area contributed by atoms with Crippen LogP contribution >= 0.6 is 7.14 Å². The summed E-state index contributed by atoms with van der Waals surface area (Å²) in [5, 5.41) is 1.74. The highest BCUT2D eigenvalue weighted by Crippen LogP contribution is 2.46. The van der Waals surface area contributed by atoms with Crippen LogP contribution in [0.25, 0.3) is 0 Å². The molecule has 1 aliphatic heterocycles. The summed E-state index contributed by atoms with van der Waals surface area (Å²) in [7, 11) is -2.81. The van der Waals surface area contributed by atoms with E-state index in [1.54, 1.807) is 0 Å². The van der Waals surface area contributed by atoms with Gasteiger partial charge < -0.3 is 9.46 Å². The van der Waals surface area contributed by atoms with Gasteiger partial charge in [-0.3, -0.25) is 4.79 Å². The number of allylic oxidation sites excluding steroid dienone is 2. The lowest BCUT2D eigenvalue weighted by molar-refractivity contribution is -0.133. The summed E-state index contributed by atoms with van der Waals surface area (Å²) in [4.78, 5) is 14.9. The smallest absolute Gasteiger partial charge is 0.233 e. The van der Waals surface area contributed by atoms with E-state index in [1.165, 1.54) is 0 Å². The Morgan fingerprint density at radius 1 is 0.926 bits per heavy atom. The van der Waals surface area contributed by atoms with E-state index < -0.39 is 7.14 Å². The number of hydrogen-bond acceptors (Lipinski definition) is 2. The topological polar surface area (TPSA) is 37.4 Å². The number of rotatable bonds is 5. The minimum absolute atomic E-state index is 0.0196. The molecule has 27 heavy (non-hydrogen) atoms. The van der Waals surface area contributed by atoms with Crippen LogP contribution in [0.2, 0.25) is 0 Å². The Labute approximate surface area is 160 Å². The molecule has 1 fully saturated rings. The summed E-state index contributed by atoms with van der Waals surface area (Å²) < 4.78 is 14.3. The molecule has 2 aromatic carbocycles. The Morgan fingerprint density at radius 3 is 2.04 bits per heavy atom. The van der Waals surface area contributed by atoms with Crippen molar-refractivity contribution < 1.29 is 9.36 Å². The monoisotopic (exact) mass is 377 g/mol. The van der Waals surface area contributed by atoms with Gasteiger partial charge in [-0.1, -0.05) is 85.0 Å². The predicted molar refractivity (Wildman–Crippen MR) is 111 cm³/mol. The van der Waals surface area contributed by atoms with Gasteiger partial charge in [-0.25, -0.2) is 0 Å². The van der Waals surface area contributed by atoms with Crippen molar-refractivity contribution in [2.24, 2.45) is 5.92 Å². The Balaban J connectivity index is 1.66. The molecule has 0 bridgehead atoms. The molecule has 0 radical (unpaired) electrons. The van der Waals surface area contributed by atoms with Crippen LogP contribution in [0, 0.1) is 5.92 Å². The standard InChI is InChI=1S/C23H24NO2P/c25-23(19-10-7-8-11-19)24-17-9-12-20(24)18-27(26,21-13-3-1-4-14-21)22-15-5-2-6-16-22/h1-8,10-11,13-16,19-20H,9,12,17-18H2/t20-/m0/s1. The maximum absolute atomic E-state index is 14.3. The SMILES string of the molecule is O=C(C1C=CC=C1)N1CCC[C@H]1CP(=O)(c1ccccc1)c1ccccc1. The van der Waals surface area contributed by atoms with Gasteiger partial charge in [0.05, 0.1) is 5.92 Å². The zero-order valence-corrected chi connectivity index (χ0v) is 16.2. The molecule has 1 heterocycles. The van der Waals surface area contributed by atoms with Crippen LogP contribution in [0.15, 0.2) is 85.0 Å². The highest BCUT2D eigenvalue weighted by atomic mass is 31.2. The minimum Gasteiger partial charge on any atom is -0.338 e. The molecule has 1 amide bonds. The Bertz CT molecular complexity index is 849. The highest BCUT2D eigenvalue weighted by molar-refractivity contribution is 7.78. The summed E-state index contributed by atoms with van der Waals surface area (Å²) in [6.45, 7) is 0.755. The number of hydrogen-bond donors (Lipinski definition) is 0. The first kappa shape index (κ1) is 18.0. The van der Waals surface area contributed by atoms with Crippen LogP contribution in [0.5, 0.6) is 0 Å². The summed E-state index contributed by atoms with van der Waals surface area (Å²) >= 11 is 0. The molecule has 1 atom stereocenters. The number of carbonyl (C=O) groups excluding carboxylic acids is 1. The number of nitrogens with zero attached hydrogens (tertiary/aromatic N) is 1. The first-order chi connectivity index (χ1) is 13.2. The number of carbonyl (C=O) groups is 1. The Morgan fingerprint density at radius 2 is 1.48 bits per heavy atom. The quantitative estimate of drug-likeness (QED) is 0.745. The van der Waals surface area contributed by atoms with Crippen molar-refractivity contribution in [1.82, 2.24) is 4.90 Å². The van der Waals surface area contributed by atoms with Gasteiger partial charge in [0, 0.05) is 29.4 Å². The Kier molecular flexibility index (Phi) is 5.13. The molecule has 2 aliphatic rings. The largest absolute Gasteiger partial charge is 0.338 e. The van der Waals surface area contributed by atoms with Crippen molar-refractivity contribution in [2.45, 2.75) is 18.9 Å². The van der Waals surface area contributed by atoms with E-state index in [-0.39, 0.29) is 17.9 Å². The molecule has 0 N–H and O–H groups in total. The molecular formula is C23H24NO2P. The molecule has 138 valence electrons. The highest BCUT2D eigenvalue weighted by Gasteiger charge is 2.38. The number of benzene rings is 2. The molecular weight excluding hydrogens is 353 g/mol. The van der Waals surface area contributed by atoms with Gasteiger partial charge in [-0.05, 0) is 12.8 Å². The van der Waals surface area contributed by atoms with Crippen LogP contribution < -0.4 is 10.6 Å². The average molecular weight is 377 g/mol. The zero-order valence-electron chi connectivity index (χ0n) is 15.3. The van der Waals surface area contributed by atoms with Crippen molar-refractivity contribution in [1.29, 1.82) is 0 Å². The lowest BCUT2D eigenvalue weighted by Gasteiger charge is -2.30. The van der Waals surface area contributed by atoms with Crippen LogP contribution in [0.1, 0.15) is 12.8 Å². The summed E-state index contributed by atoms with van der Waals surface area (Å²) in [6.07, 6.45) is 10.1. The van der Waals surface area contributed by atoms with E-state index in [4.69, 9.17) is 0 Å². The lowest BCUT2D eigenvalue weighted by Crippen LogP contribution is -2.41. The fourth-order valence-electron chi connectivity index (χ4n) is 4.10. The minimum atomic E-state index is -2.81. The summed E-state index contributed by atoms with van der Waals surface area (Å²) in [5.74, 6) is -0.0337. The molecule has 4 heteroatoms. The second kappa shape index (κ2) is 7.70. The normalized spacial score (nSPS) is 19.7. The third kappa shape index (κ3) is 3.57. The van der Waals surface area contributed by atoms with Crippen molar-refractivity contribution in [2.75, 3.05) is 12.7 Å². The van der Waals surface area contributed by atoms with E-state index >= 15 is 0 Å². The van der Waals surface area contributed by atoms with E-state index in [1.807, 2.05) is 89.9 Å². The molecule has 0 saturated carbocycles. The van der Waals surface area contributed by atoms with E-state index in [2.05, 4.69) is 0 Å². The molecule has 1 aliphatic carbocycles.